The highest BCUT2D eigenvalue weighted by molar-refractivity contribution is 6.18. The fourth-order valence-electron chi connectivity index (χ4n) is 9.68. The third-order valence-corrected chi connectivity index (χ3v) is 12.5. The number of hydrogen-bond acceptors (Lipinski definition) is 6. The standard InChI is InChI=1S/C55H30N4O3/c1-2-14-32-30-45-42(29-31(32)13-1)33-15-3-7-23-43(33)59(45)44-28-27-39(49-38-18-6-10-26-48(38)62-52(44)49)53-56-54(40-21-11-19-36-34-16-4-8-24-46(34)60-50(36)40)58-55(57-53)41-22-12-20-37-35-17-5-9-25-47(35)61-51(37)41/h1-30H. The Kier molecular flexibility index (Phi) is 6.71. The molecule has 0 saturated carbocycles. The van der Waals surface area contributed by atoms with E-state index in [1.54, 1.807) is 0 Å². The number of hydrogen-bond donors (Lipinski definition) is 0. The topological polar surface area (TPSA) is 83.0 Å². The van der Waals surface area contributed by atoms with Crippen molar-refractivity contribution in [1.29, 1.82) is 0 Å². The van der Waals surface area contributed by atoms with Crippen LogP contribution in [0, 0.1) is 0 Å². The van der Waals surface area contributed by atoms with Gasteiger partial charge < -0.3 is 17.8 Å². The first kappa shape index (κ1) is 33.3. The summed E-state index contributed by atoms with van der Waals surface area (Å²) in [5, 5.41) is 10.7. The molecule has 0 saturated heterocycles. The second-order valence-electron chi connectivity index (χ2n) is 15.9. The Morgan fingerprint density at radius 3 is 1.45 bits per heavy atom. The molecular formula is C55H30N4O3. The van der Waals surface area contributed by atoms with E-state index in [-0.39, 0.29) is 0 Å². The van der Waals surface area contributed by atoms with Crippen LogP contribution in [0.15, 0.2) is 195 Å². The molecule has 0 aliphatic carbocycles. The predicted molar refractivity (Wildman–Crippen MR) is 250 cm³/mol. The third kappa shape index (κ3) is 4.67. The van der Waals surface area contributed by atoms with Crippen LogP contribution < -0.4 is 0 Å². The molecule has 0 N–H and O–H groups in total. The van der Waals surface area contributed by atoms with Gasteiger partial charge >= 0.3 is 0 Å². The lowest BCUT2D eigenvalue weighted by Crippen LogP contribution is -2.01. The summed E-state index contributed by atoms with van der Waals surface area (Å²) in [5.41, 5.74) is 10.0. The van der Waals surface area contributed by atoms with Gasteiger partial charge in [0.25, 0.3) is 0 Å². The SMILES string of the molecule is c1ccc2cc3c(cc2c1)c1ccccc1n3-c1ccc(-c2nc(-c3cccc4c3oc3ccccc34)nc(-c3cccc4c3oc3ccccc34)n2)c2c1oc1ccccc12. The van der Waals surface area contributed by atoms with Gasteiger partial charge in [0, 0.05) is 48.7 Å². The minimum absolute atomic E-state index is 0.488. The van der Waals surface area contributed by atoms with E-state index in [4.69, 9.17) is 28.2 Å². The molecule has 14 rings (SSSR count). The van der Waals surface area contributed by atoms with E-state index in [1.807, 2.05) is 72.8 Å². The molecule has 0 bridgehead atoms. The first-order valence-electron chi connectivity index (χ1n) is 20.7. The second-order valence-corrected chi connectivity index (χ2v) is 15.9. The van der Waals surface area contributed by atoms with Crippen LogP contribution >= 0.6 is 0 Å². The van der Waals surface area contributed by atoms with E-state index >= 15 is 0 Å². The van der Waals surface area contributed by atoms with Crippen LogP contribution in [0.2, 0.25) is 0 Å². The Hall–Kier alpha value is -8.55. The van der Waals surface area contributed by atoms with Crippen molar-refractivity contribution in [2.24, 2.45) is 0 Å². The Balaban J connectivity index is 1.08. The number of rotatable bonds is 4. The third-order valence-electron chi connectivity index (χ3n) is 12.5. The van der Waals surface area contributed by atoms with Crippen molar-refractivity contribution < 1.29 is 13.3 Å². The molecule has 7 heteroatoms. The van der Waals surface area contributed by atoms with Crippen molar-refractivity contribution >= 4 is 98.4 Å². The quantitative estimate of drug-likeness (QED) is 0.176. The Labute approximate surface area is 351 Å². The Morgan fingerprint density at radius 2 is 0.806 bits per heavy atom. The van der Waals surface area contributed by atoms with Gasteiger partial charge in [-0.2, -0.15) is 0 Å². The van der Waals surface area contributed by atoms with Gasteiger partial charge in [-0.05, 0) is 71.4 Å². The Morgan fingerprint density at radius 1 is 0.323 bits per heavy atom. The monoisotopic (exact) mass is 794 g/mol. The molecule has 0 fully saturated rings. The molecule has 5 aromatic heterocycles. The summed E-state index contributed by atoms with van der Waals surface area (Å²) in [5.74, 6) is 1.48. The molecule has 5 heterocycles. The van der Waals surface area contributed by atoms with Crippen LogP contribution in [0.25, 0.3) is 138 Å². The highest BCUT2D eigenvalue weighted by Crippen LogP contribution is 2.44. The molecule has 0 aliphatic heterocycles. The van der Waals surface area contributed by atoms with Crippen molar-refractivity contribution in [1.82, 2.24) is 19.5 Å². The average Bonchev–Trinajstić information content (AvgIpc) is 4.10. The van der Waals surface area contributed by atoms with Gasteiger partial charge in [0.05, 0.1) is 27.8 Å². The normalized spacial score (nSPS) is 12.2. The zero-order chi connectivity index (χ0) is 40.5. The zero-order valence-electron chi connectivity index (χ0n) is 32.8. The fraction of sp³-hybridized carbons (Fsp3) is 0. The molecular weight excluding hydrogens is 765 g/mol. The molecule has 7 nitrogen and oxygen atoms in total. The smallest absolute Gasteiger partial charge is 0.167 e. The molecule has 9 aromatic carbocycles. The predicted octanol–water partition coefficient (Wildman–Crippen LogP) is 14.8. The number of nitrogens with zero attached hydrogens (tertiary/aromatic N) is 4. The van der Waals surface area contributed by atoms with E-state index in [9.17, 15) is 0 Å². The molecule has 0 atom stereocenters. The van der Waals surface area contributed by atoms with Crippen molar-refractivity contribution in [3.63, 3.8) is 0 Å². The first-order chi connectivity index (χ1) is 30.7. The van der Waals surface area contributed by atoms with Crippen molar-refractivity contribution in [3.8, 4) is 39.9 Å². The van der Waals surface area contributed by atoms with Gasteiger partial charge in [0.2, 0.25) is 0 Å². The van der Waals surface area contributed by atoms with Crippen molar-refractivity contribution in [3.05, 3.63) is 182 Å². The lowest BCUT2D eigenvalue weighted by molar-refractivity contribution is 0.666. The van der Waals surface area contributed by atoms with Crippen LogP contribution in [0.5, 0.6) is 0 Å². The van der Waals surface area contributed by atoms with E-state index in [0.29, 0.717) is 28.6 Å². The zero-order valence-corrected chi connectivity index (χ0v) is 32.8. The summed E-state index contributed by atoms with van der Waals surface area (Å²) >= 11 is 0. The largest absolute Gasteiger partial charge is 0.455 e. The lowest BCUT2D eigenvalue weighted by atomic mass is 10.0. The molecule has 0 radical (unpaired) electrons. The summed E-state index contributed by atoms with van der Waals surface area (Å²) < 4.78 is 22.4. The number of aromatic nitrogens is 4. The summed E-state index contributed by atoms with van der Waals surface area (Å²) in [6.07, 6.45) is 0. The first-order valence-corrected chi connectivity index (χ1v) is 20.7. The van der Waals surface area contributed by atoms with Gasteiger partial charge in [-0.25, -0.2) is 15.0 Å². The summed E-state index contributed by atoms with van der Waals surface area (Å²) in [6.45, 7) is 0. The summed E-state index contributed by atoms with van der Waals surface area (Å²) in [7, 11) is 0. The van der Waals surface area contributed by atoms with Gasteiger partial charge in [0.1, 0.15) is 27.9 Å². The molecule has 14 aromatic rings. The van der Waals surface area contributed by atoms with Crippen LogP contribution in [0.1, 0.15) is 0 Å². The summed E-state index contributed by atoms with van der Waals surface area (Å²) in [4.78, 5) is 15.9. The Bertz CT molecular complexity index is 4060. The molecule has 288 valence electrons. The molecule has 62 heavy (non-hydrogen) atoms. The van der Waals surface area contributed by atoms with Crippen molar-refractivity contribution in [2.45, 2.75) is 0 Å². The maximum Gasteiger partial charge on any atom is 0.167 e. The molecule has 0 unspecified atom stereocenters. The molecule has 0 aliphatic rings. The minimum atomic E-state index is 0.488. The minimum Gasteiger partial charge on any atom is -0.455 e. The highest BCUT2D eigenvalue weighted by atomic mass is 16.3. The van der Waals surface area contributed by atoms with Crippen molar-refractivity contribution in [2.75, 3.05) is 0 Å². The molecule has 0 amide bonds. The number of fused-ring (bicyclic) bond motifs is 13. The highest BCUT2D eigenvalue weighted by Gasteiger charge is 2.25. The maximum absolute atomic E-state index is 6.95. The number of para-hydroxylation sites is 6. The van der Waals surface area contributed by atoms with Gasteiger partial charge in [-0.15, -0.1) is 0 Å². The maximum atomic E-state index is 6.95. The number of furan rings is 3. The average molecular weight is 795 g/mol. The lowest BCUT2D eigenvalue weighted by Gasteiger charge is -2.13. The van der Waals surface area contributed by atoms with Crippen LogP contribution in [0.3, 0.4) is 0 Å². The van der Waals surface area contributed by atoms with E-state index < -0.39 is 0 Å². The summed E-state index contributed by atoms with van der Waals surface area (Å²) in [6, 6.07) is 62.7. The van der Waals surface area contributed by atoms with Crippen LogP contribution in [0.4, 0.5) is 0 Å². The fourth-order valence-corrected chi connectivity index (χ4v) is 9.68. The van der Waals surface area contributed by atoms with E-state index in [1.165, 1.54) is 21.5 Å². The van der Waals surface area contributed by atoms with Crippen LogP contribution in [-0.4, -0.2) is 19.5 Å². The number of benzene rings is 9. The van der Waals surface area contributed by atoms with E-state index in [2.05, 4.69) is 114 Å². The molecule has 0 spiro atoms. The van der Waals surface area contributed by atoms with E-state index in [0.717, 1.165) is 88.1 Å². The van der Waals surface area contributed by atoms with Crippen LogP contribution in [-0.2, 0) is 0 Å². The van der Waals surface area contributed by atoms with Gasteiger partial charge in [-0.1, -0.05) is 121 Å². The second kappa shape index (κ2) is 12.5. The van der Waals surface area contributed by atoms with Gasteiger partial charge in [-0.3, -0.25) is 0 Å². The van der Waals surface area contributed by atoms with Gasteiger partial charge in [0.15, 0.2) is 23.1 Å².